The quantitative estimate of drug-likeness (QED) is 0.619. The Morgan fingerprint density at radius 3 is 2.29 bits per heavy atom. The van der Waals surface area contributed by atoms with Crippen LogP contribution in [-0.2, 0) is 4.52 Å². The molecule has 3 aliphatic rings. The van der Waals surface area contributed by atoms with Crippen molar-refractivity contribution in [3.63, 3.8) is 0 Å². The second-order valence-corrected chi connectivity index (χ2v) is 12.9. The minimum Gasteiger partial charge on any atom is -0.338 e. The van der Waals surface area contributed by atoms with Crippen molar-refractivity contribution in [3.05, 3.63) is 60.7 Å². The first-order chi connectivity index (χ1) is 11.7. The molecule has 0 radical (unpaired) electrons. The lowest BCUT2D eigenvalue weighted by Gasteiger charge is -2.32. The van der Waals surface area contributed by atoms with E-state index in [2.05, 4.69) is 71.9 Å². The molecule has 1 aliphatic carbocycles. The summed E-state index contributed by atoms with van der Waals surface area (Å²) in [5, 5.41) is 3.11. The van der Waals surface area contributed by atoms with Gasteiger partial charge < -0.3 is 4.52 Å². The molecular weight excluding hydrogens is 329 g/mol. The van der Waals surface area contributed by atoms with Crippen LogP contribution in [0.3, 0.4) is 0 Å². The topological polar surface area (TPSA) is 12.5 Å². The fourth-order valence-electron chi connectivity index (χ4n) is 5.17. The highest BCUT2D eigenvalue weighted by Crippen LogP contribution is 2.69. The van der Waals surface area contributed by atoms with Crippen molar-refractivity contribution in [2.75, 3.05) is 6.54 Å². The Hall–Kier alpha value is -0.993. The predicted octanol–water partition coefficient (Wildman–Crippen LogP) is 3.40. The highest BCUT2D eigenvalue weighted by molar-refractivity contribution is 7.30. The van der Waals surface area contributed by atoms with Gasteiger partial charge in [-0.1, -0.05) is 77.6 Å². The second-order valence-electron chi connectivity index (χ2n) is 7.69. The van der Waals surface area contributed by atoms with E-state index in [0.29, 0.717) is 20.5 Å². The van der Waals surface area contributed by atoms with Crippen LogP contribution in [-0.4, -0.2) is 30.9 Å². The Labute approximate surface area is 147 Å². The summed E-state index contributed by atoms with van der Waals surface area (Å²) in [6.45, 7) is 3.81. The van der Waals surface area contributed by atoms with Gasteiger partial charge in [0.2, 0.25) is 0 Å². The van der Waals surface area contributed by atoms with Gasteiger partial charge in [0.05, 0.1) is 14.6 Å². The summed E-state index contributed by atoms with van der Waals surface area (Å²) in [4.78, 5) is 0. The van der Waals surface area contributed by atoms with Crippen LogP contribution in [0.1, 0.15) is 19.3 Å². The van der Waals surface area contributed by atoms with Gasteiger partial charge in [0.1, 0.15) is 8.07 Å². The molecule has 1 unspecified atom stereocenters. The van der Waals surface area contributed by atoms with E-state index < -0.39 is 8.07 Å². The fourth-order valence-corrected chi connectivity index (χ4v) is 11.5. The summed E-state index contributed by atoms with van der Waals surface area (Å²) >= 11 is 0. The van der Waals surface area contributed by atoms with E-state index in [1.54, 1.807) is 10.4 Å². The van der Waals surface area contributed by atoms with Crippen LogP contribution in [0.15, 0.2) is 60.7 Å². The lowest BCUT2D eigenvalue weighted by atomic mass is 10.1. The predicted molar refractivity (Wildman–Crippen MR) is 104 cm³/mol. The number of rotatable bonds is 3. The molecule has 4 atom stereocenters. The third-order valence-corrected chi connectivity index (χ3v) is 13.0. The summed E-state index contributed by atoms with van der Waals surface area (Å²) in [6.07, 6.45) is 3.94. The normalized spacial score (nSPS) is 33.2. The summed E-state index contributed by atoms with van der Waals surface area (Å²) in [6, 6.07) is 23.2. The molecule has 0 N–H and O–H groups in total. The first-order valence-electron chi connectivity index (χ1n) is 9.06. The van der Waals surface area contributed by atoms with Gasteiger partial charge in [0.25, 0.3) is 0 Å². The molecule has 0 aromatic heterocycles. The molecule has 1 saturated carbocycles. The molecule has 2 aromatic carbocycles. The average molecular weight is 353 g/mol. The summed E-state index contributed by atoms with van der Waals surface area (Å²) < 4.78 is 9.12. The van der Waals surface area contributed by atoms with Crippen LogP contribution in [0.5, 0.6) is 0 Å². The van der Waals surface area contributed by atoms with Crippen LogP contribution in [0.4, 0.5) is 0 Å². The number of benzene rings is 2. The van der Waals surface area contributed by atoms with Gasteiger partial charge in [-0.15, -0.1) is 0 Å². The zero-order chi connectivity index (χ0) is 16.2. The van der Waals surface area contributed by atoms with Crippen LogP contribution in [0.25, 0.3) is 0 Å². The molecule has 2 heterocycles. The fraction of sp³-hybridized carbons (Fsp3) is 0.400. The van der Waals surface area contributed by atoms with Crippen molar-refractivity contribution in [1.82, 2.24) is 4.67 Å². The molecule has 5 rings (SSSR count). The molecule has 4 heteroatoms. The van der Waals surface area contributed by atoms with Crippen LogP contribution >= 0.6 is 8.96 Å². The van der Waals surface area contributed by atoms with Crippen LogP contribution < -0.4 is 10.4 Å². The van der Waals surface area contributed by atoms with Gasteiger partial charge in [-0.25, -0.2) is 0 Å². The van der Waals surface area contributed by atoms with Gasteiger partial charge in [0, 0.05) is 12.6 Å². The number of fused-ring (bicyclic) bond motifs is 2. The molecule has 2 saturated heterocycles. The van der Waals surface area contributed by atoms with Crippen LogP contribution in [0, 0.1) is 0 Å². The Balaban J connectivity index is 1.59. The van der Waals surface area contributed by atoms with Gasteiger partial charge >= 0.3 is 0 Å². The van der Waals surface area contributed by atoms with E-state index in [4.69, 9.17) is 4.52 Å². The number of hydrogen-bond acceptors (Lipinski definition) is 2. The maximum atomic E-state index is 6.51. The van der Waals surface area contributed by atoms with Crippen molar-refractivity contribution in [3.8, 4) is 0 Å². The second kappa shape index (κ2) is 5.50. The molecule has 3 fully saturated rings. The lowest BCUT2D eigenvalue weighted by molar-refractivity contribution is 0.187. The van der Waals surface area contributed by atoms with Gasteiger partial charge in [-0.05, 0) is 24.8 Å². The Kier molecular flexibility index (Phi) is 3.50. The molecule has 2 aliphatic heterocycles. The highest BCUT2D eigenvalue weighted by atomic mass is 31.1. The first kappa shape index (κ1) is 15.3. The van der Waals surface area contributed by atoms with E-state index in [1.165, 1.54) is 25.8 Å². The molecule has 2 nitrogen and oxygen atoms in total. The van der Waals surface area contributed by atoms with E-state index in [9.17, 15) is 0 Å². The van der Waals surface area contributed by atoms with Crippen molar-refractivity contribution < 1.29 is 4.52 Å². The first-order valence-corrected chi connectivity index (χ1v) is 12.5. The maximum absolute atomic E-state index is 6.51. The average Bonchev–Trinajstić information content (AvgIpc) is 3.01. The van der Waals surface area contributed by atoms with Crippen molar-refractivity contribution >= 4 is 27.4 Å². The number of hydrogen-bond donors (Lipinski definition) is 0. The standard InChI is InChI=1S/C20H24NOPSi/c1-24(16-9-4-2-5-10-16,17-11-6-3-7-12-17)19-15-20(19)18-13-8-14-21(18)23-22-20/h2-7,9-12,18-19,23H,8,13-15H2,1H3/t18-,19+,20+/m0/s1. The Morgan fingerprint density at radius 1 is 1.04 bits per heavy atom. The van der Waals surface area contributed by atoms with E-state index >= 15 is 0 Å². The lowest BCUT2D eigenvalue weighted by Crippen LogP contribution is -2.58. The monoisotopic (exact) mass is 353 g/mol. The van der Waals surface area contributed by atoms with Crippen molar-refractivity contribution in [1.29, 1.82) is 0 Å². The minimum absolute atomic E-state index is 0.154. The molecule has 0 bridgehead atoms. The van der Waals surface area contributed by atoms with E-state index in [-0.39, 0.29) is 5.60 Å². The molecule has 2 aromatic rings. The molecule has 0 amide bonds. The third kappa shape index (κ3) is 2.05. The zero-order valence-electron chi connectivity index (χ0n) is 14.1. The Bertz CT molecular complexity index is 700. The number of nitrogens with zero attached hydrogens (tertiary/aromatic N) is 1. The van der Waals surface area contributed by atoms with Crippen molar-refractivity contribution in [2.45, 2.75) is 43.0 Å². The molecule has 1 spiro atoms. The summed E-state index contributed by atoms with van der Waals surface area (Å²) in [5.41, 5.74) is 0.858. The van der Waals surface area contributed by atoms with Gasteiger partial charge in [-0.2, -0.15) is 0 Å². The minimum atomic E-state index is -1.81. The zero-order valence-corrected chi connectivity index (χ0v) is 16.1. The van der Waals surface area contributed by atoms with Gasteiger partial charge in [0.15, 0.2) is 0 Å². The molecule has 124 valence electrons. The third-order valence-electron chi connectivity index (χ3n) is 6.57. The smallest absolute Gasteiger partial charge is 0.121 e. The Morgan fingerprint density at radius 2 is 1.67 bits per heavy atom. The molecular formula is C20H24NOPSi. The van der Waals surface area contributed by atoms with Crippen LogP contribution in [0.2, 0.25) is 12.1 Å². The molecule has 24 heavy (non-hydrogen) atoms. The summed E-state index contributed by atoms with van der Waals surface area (Å²) in [7, 11) is -1.22. The summed E-state index contributed by atoms with van der Waals surface area (Å²) in [5.74, 6) is 0. The largest absolute Gasteiger partial charge is 0.338 e. The van der Waals surface area contributed by atoms with Gasteiger partial charge in [-0.3, -0.25) is 4.67 Å². The van der Waals surface area contributed by atoms with Crippen molar-refractivity contribution in [2.24, 2.45) is 0 Å². The van der Waals surface area contributed by atoms with E-state index in [0.717, 1.165) is 0 Å². The maximum Gasteiger partial charge on any atom is 0.121 e. The highest BCUT2D eigenvalue weighted by Gasteiger charge is 2.72. The van der Waals surface area contributed by atoms with E-state index in [1.807, 2.05) is 0 Å². The SMILES string of the molecule is C[Si](c1ccccc1)(c1ccccc1)[C@@H]1C[C@]12OPN1CCC[C@H]12.